The summed E-state index contributed by atoms with van der Waals surface area (Å²) in [6.07, 6.45) is 5.95. The van der Waals surface area contributed by atoms with E-state index in [2.05, 4.69) is 6.92 Å². The molecular weight excluding hydrogens is 360 g/mol. The molecule has 0 aliphatic heterocycles. The number of Topliss-reactive ketones (excluding diaryl/α,β-unsaturated/α-hetero) is 1. The predicted molar refractivity (Wildman–Crippen MR) is 105 cm³/mol. The van der Waals surface area contributed by atoms with E-state index in [0.29, 0.717) is 5.56 Å². The van der Waals surface area contributed by atoms with Gasteiger partial charge in [0.05, 0.1) is 0 Å². The number of esters is 1. The van der Waals surface area contributed by atoms with Gasteiger partial charge in [0.2, 0.25) is 5.78 Å². The Morgan fingerprint density at radius 3 is 2.43 bits per heavy atom. The SMILES string of the molecule is CCCCCCc1ccc(C(=O)[C@@H](C)OC(=O)Cn2ccc(=O)[nH]c2=O)cc1. The van der Waals surface area contributed by atoms with Crippen LogP contribution < -0.4 is 11.2 Å². The quantitative estimate of drug-likeness (QED) is 0.384. The van der Waals surface area contributed by atoms with E-state index in [1.54, 1.807) is 12.1 Å². The van der Waals surface area contributed by atoms with Crippen molar-refractivity contribution in [3.8, 4) is 0 Å². The molecular formula is C21H26N2O5. The van der Waals surface area contributed by atoms with Crippen molar-refractivity contribution >= 4 is 11.8 Å². The lowest BCUT2D eigenvalue weighted by atomic mass is 10.0. The maximum Gasteiger partial charge on any atom is 0.328 e. The molecule has 0 spiro atoms. The summed E-state index contributed by atoms with van der Waals surface area (Å²) < 4.78 is 6.15. The fourth-order valence-electron chi connectivity index (χ4n) is 2.82. The summed E-state index contributed by atoms with van der Waals surface area (Å²) in [4.78, 5) is 49.1. The molecule has 0 aliphatic rings. The number of ether oxygens (including phenoxy) is 1. The van der Waals surface area contributed by atoms with Crippen LogP contribution in [0.15, 0.2) is 46.1 Å². The van der Waals surface area contributed by atoms with Gasteiger partial charge >= 0.3 is 11.7 Å². The van der Waals surface area contributed by atoms with E-state index in [9.17, 15) is 19.2 Å². The number of H-pyrrole nitrogens is 1. The summed E-state index contributed by atoms with van der Waals surface area (Å²) in [5.41, 5.74) is 0.387. The van der Waals surface area contributed by atoms with E-state index >= 15 is 0 Å². The highest BCUT2D eigenvalue weighted by atomic mass is 16.5. The number of hydrogen-bond acceptors (Lipinski definition) is 5. The van der Waals surface area contributed by atoms with Gasteiger partial charge in [-0.1, -0.05) is 50.5 Å². The third kappa shape index (κ3) is 6.33. The first-order valence-electron chi connectivity index (χ1n) is 9.53. The molecule has 0 aliphatic carbocycles. The van der Waals surface area contributed by atoms with Crippen molar-refractivity contribution in [1.29, 1.82) is 0 Å². The van der Waals surface area contributed by atoms with E-state index in [0.717, 1.165) is 23.5 Å². The van der Waals surface area contributed by atoms with Crippen LogP contribution >= 0.6 is 0 Å². The van der Waals surface area contributed by atoms with Gasteiger partial charge in [0, 0.05) is 17.8 Å². The van der Waals surface area contributed by atoms with Crippen LogP contribution in [0.5, 0.6) is 0 Å². The first-order valence-corrected chi connectivity index (χ1v) is 9.53. The van der Waals surface area contributed by atoms with Crippen molar-refractivity contribution in [2.45, 2.75) is 58.6 Å². The molecule has 1 atom stereocenters. The average Bonchev–Trinajstić information content (AvgIpc) is 2.67. The number of aromatic amines is 1. The van der Waals surface area contributed by atoms with Crippen molar-refractivity contribution in [2.75, 3.05) is 0 Å². The molecule has 0 unspecified atom stereocenters. The molecule has 150 valence electrons. The summed E-state index contributed by atoms with van der Waals surface area (Å²) >= 11 is 0. The Morgan fingerprint density at radius 1 is 1.07 bits per heavy atom. The van der Waals surface area contributed by atoms with E-state index in [1.807, 2.05) is 17.1 Å². The standard InChI is InChI=1S/C21H26N2O5/c1-3-4-5-6-7-16-8-10-17(11-9-16)20(26)15(2)28-19(25)14-23-13-12-18(24)22-21(23)27/h8-13,15H,3-7,14H2,1-2H3,(H,22,24,27)/t15-/m1/s1. The Hall–Kier alpha value is -2.96. The van der Waals surface area contributed by atoms with Gasteiger partial charge in [0.15, 0.2) is 6.10 Å². The molecule has 28 heavy (non-hydrogen) atoms. The van der Waals surface area contributed by atoms with Crippen LogP contribution in [-0.2, 0) is 22.5 Å². The Morgan fingerprint density at radius 2 is 1.79 bits per heavy atom. The summed E-state index contributed by atoms with van der Waals surface area (Å²) in [6, 6.07) is 8.47. The van der Waals surface area contributed by atoms with E-state index in [1.165, 1.54) is 37.9 Å². The number of rotatable bonds is 10. The van der Waals surface area contributed by atoms with Crippen molar-refractivity contribution in [1.82, 2.24) is 9.55 Å². The first-order chi connectivity index (χ1) is 13.4. The van der Waals surface area contributed by atoms with Gasteiger partial charge in [0.25, 0.3) is 5.56 Å². The Kier molecular flexibility index (Phi) is 7.92. The third-order valence-corrected chi connectivity index (χ3v) is 4.43. The van der Waals surface area contributed by atoms with Crippen molar-refractivity contribution in [3.05, 3.63) is 68.5 Å². The fraction of sp³-hybridized carbons (Fsp3) is 0.429. The normalized spacial score (nSPS) is 11.8. The van der Waals surface area contributed by atoms with Crippen LogP contribution in [0.25, 0.3) is 0 Å². The maximum atomic E-state index is 12.5. The molecule has 7 nitrogen and oxygen atoms in total. The number of nitrogens with one attached hydrogen (secondary N) is 1. The molecule has 1 N–H and O–H groups in total. The van der Waals surface area contributed by atoms with Crippen LogP contribution in [0.2, 0.25) is 0 Å². The van der Waals surface area contributed by atoms with Crippen LogP contribution in [0.4, 0.5) is 0 Å². The summed E-state index contributed by atoms with van der Waals surface area (Å²) in [7, 11) is 0. The van der Waals surface area contributed by atoms with E-state index < -0.39 is 23.3 Å². The number of aromatic nitrogens is 2. The molecule has 1 aromatic carbocycles. The topological polar surface area (TPSA) is 98.2 Å². The fourth-order valence-corrected chi connectivity index (χ4v) is 2.82. The molecule has 2 aromatic rings. The summed E-state index contributed by atoms with van der Waals surface area (Å²) in [5.74, 6) is -1.04. The van der Waals surface area contributed by atoms with Gasteiger partial charge in [-0.3, -0.25) is 23.9 Å². The molecule has 0 amide bonds. The molecule has 2 rings (SSSR count). The molecule has 1 heterocycles. The number of carbonyl (C=O) groups excluding carboxylic acids is 2. The van der Waals surface area contributed by atoms with Gasteiger partial charge in [-0.25, -0.2) is 4.79 Å². The first kappa shape index (κ1) is 21.3. The summed E-state index contributed by atoms with van der Waals surface area (Å²) in [6.45, 7) is 3.28. The number of aryl methyl sites for hydroxylation is 1. The number of nitrogens with zero attached hydrogens (tertiary/aromatic N) is 1. The zero-order valence-electron chi connectivity index (χ0n) is 16.3. The van der Waals surface area contributed by atoms with E-state index in [-0.39, 0.29) is 12.3 Å². The monoisotopic (exact) mass is 386 g/mol. The molecule has 1 aromatic heterocycles. The second-order valence-corrected chi connectivity index (χ2v) is 6.74. The minimum atomic E-state index is -0.971. The second kappa shape index (κ2) is 10.4. The Labute approximate surface area is 163 Å². The number of ketones is 1. The summed E-state index contributed by atoms with van der Waals surface area (Å²) in [5, 5.41) is 0. The molecule has 7 heteroatoms. The highest BCUT2D eigenvalue weighted by Gasteiger charge is 2.20. The lowest BCUT2D eigenvalue weighted by molar-refractivity contribution is -0.147. The third-order valence-electron chi connectivity index (χ3n) is 4.43. The minimum absolute atomic E-state index is 0.306. The average molecular weight is 386 g/mol. The number of unbranched alkanes of at least 4 members (excludes halogenated alkanes) is 3. The number of hydrogen-bond donors (Lipinski definition) is 1. The van der Waals surface area contributed by atoms with Crippen LogP contribution in [-0.4, -0.2) is 27.4 Å². The maximum absolute atomic E-state index is 12.5. The van der Waals surface area contributed by atoms with Gasteiger partial charge in [-0.15, -0.1) is 0 Å². The van der Waals surface area contributed by atoms with Gasteiger partial charge in [-0.05, 0) is 25.3 Å². The molecule has 0 saturated heterocycles. The molecule has 0 radical (unpaired) electrons. The van der Waals surface area contributed by atoms with Crippen molar-refractivity contribution in [3.63, 3.8) is 0 Å². The number of carbonyl (C=O) groups is 2. The molecule has 0 saturated carbocycles. The molecule has 0 fully saturated rings. The largest absolute Gasteiger partial charge is 0.453 e. The van der Waals surface area contributed by atoms with Crippen LogP contribution in [0, 0.1) is 0 Å². The minimum Gasteiger partial charge on any atom is -0.453 e. The Bertz CT molecular complexity index is 911. The lowest BCUT2D eigenvalue weighted by Crippen LogP contribution is -2.33. The van der Waals surface area contributed by atoms with Crippen molar-refractivity contribution in [2.24, 2.45) is 0 Å². The van der Waals surface area contributed by atoms with Crippen molar-refractivity contribution < 1.29 is 14.3 Å². The van der Waals surface area contributed by atoms with Crippen LogP contribution in [0.1, 0.15) is 55.5 Å². The molecule has 0 bridgehead atoms. The van der Waals surface area contributed by atoms with E-state index in [4.69, 9.17) is 4.74 Å². The highest BCUT2D eigenvalue weighted by molar-refractivity contribution is 6.00. The number of benzene rings is 1. The predicted octanol–water partition coefficient (Wildman–Crippen LogP) is 2.47. The lowest BCUT2D eigenvalue weighted by Gasteiger charge is -2.13. The Balaban J connectivity index is 1.89. The van der Waals surface area contributed by atoms with Gasteiger partial charge in [-0.2, -0.15) is 0 Å². The van der Waals surface area contributed by atoms with Gasteiger partial charge in [0.1, 0.15) is 6.54 Å². The highest BCUT2D eigenvalue weighted by Crippen LogP contribution is 2.12. The smallest absolute Gasteiger partial charge is 0.328 e. The second-order valence-electron chi connectivity index (χ2n) is 6.74. The van der Waals surface area contributed by atoms with Crippen LogP contribution in [0.3, 0.4) is 0 Å². The zero-order chi connectivity index (χ0) is 20.5. The zero-order valence-corrected chi connectivity index (χ0v) is 16.3. The van der Waals surface area contributed by atoms with Gasteiger partial charge < -0.3 is 4.74 Å².